The molecule has 2 aromatic rings. The Labute approximate surface area is 148 Å². The molecule has 3 aliphatic rings. The minimum Gasteiger partial charge on any atom is -0.380 e. The lowest BCUT2D eigenvalue weighted by molar-refractivity contribution is 0.108. The summed E-state index contributed by atoms with van der Waals surface area (Å²) in [6.45, 7) is 4.57. The summed E-state index contributed by atoms with van der Waals surface area (Å²) >= 11 is 0. The van der Waals surface area contributed by atoms with E-state index in [9.17, 15) is 0 Å². The first kappa shape index (κ1) is 15.3. The first-order chi connectivity index (χ1) is 12.4. The number of hydrogen-bond donors (Lipinski definition) is 0. The Bertz CT molecular complexity index is 723. The third-order valence-corrected chi connectivity index (χ3v) is 5.54. The van der Waals surface area contributed by atoms with Gasteiger partial charge < -0.3 is 14.2 Å². The molecule has 0 N–H and O–H groups in total. The van der Waals surface area contributed by atoms with Crippen LogP contribution in [0, 0.1) is 11.8 Å². The minimum atomic E-state index is 0.360. The Morgan fingerprint density at radius 3 is 2.72 bits per heavy atom. The van der Waals surface area contributed by atoms with E-state index in [4.69, 9.17) is 9.72 Å². The highest BCUT2D eigenvalue weighted by atomic mass is 16.5. The van der Waals surface area contributed by atoms with E-state index in [-0.39, 0.29) is 0 Å². The predicted octanol–water partition coefficient (Wildman–Crippen LogP) is 2.61. The first-order valence-electron chi connectivity index (χ1n) is 9.49. The summed E-state index contributed by atoms with van der Waals surface area (Å²) in [6.07, 6.45) is 10.9. The standard InChI is InChI=1S/C19H25N5O/c1-2-14(1)7-24-13-22-17-9-23(18-5-6-20-12-21-18)8-16(19(17)24)11-25-10-15-3-4-15/h5-6,12-16H,1-4,7-11H2. The highest BCUT2D eigenvalue weighted by molar-refractivity contribution is 5.42. The monoisotopic (exact) mass is 339 g/mol. The van der Waals surface area contributed by atoms with Crippen molar-refractivity contribution in [2.24, 2.45) is 11.8 Å². The van der Waals surface area contributed by atoms with Gasteiger partial charge in [0.1, 0.15) is 12.1 Å². The molecule has 1 aliphatic heterocycles. The number of nitrogens with zero attached hydrogens (tertiary/aromatic N) is 5. The van der Waals surface area contributed by atoms with Crippen molar-refractivity contribution in [3.8, 4) is 0 Å². The van der Waals surface area contributed by atoms with Gasteiger partial charge in [0, 0.05) is 37.5 Å². The van der Waals surface area contributed by atoms with Crippen molar-refractivity contribution in [3.63, 3.8) is 0 Å². The average molecular weight is 339 g/mol. The maximum Gasteiger partial charge on any atom is 0.132 e. The van der Waals surface area contributed by atoms with Gasteiger partial charge >= 0.3 is 0 Å². The van der Waals surface area contributed by atoms with Gasteiger partial charge in [-0.15, -0.1) is 0 Å². The Balaban J connectivity index is 1.38. The van der Waals surface area contributed by atoms with Gasteiger partial charge in [0.2, 0.25) is 0 Å². The third kappa shape index (κ3) is 3.40. The van der Waals surface area contributed by atoms with E-state index in [1.54, 1.807) is 6.33 Å². The van der Waals surface area contributed by atoms with E-state index in [0.717, 1.165) is 50.5 Å². The number of hydrogen-bond acceptors (Lipinski definition) is 5. The second kappa shape index (κ2) is 6.41. The van der Waals surface area contributed by atoms with Crippen LogP contribution in [0.15, 0.2) is 24.9 Å². The van der Waals surface area contributed by atoms with Crippen molar-refractivity contribution in [3.05, 3.63) is 36.3 Å². The summed E-state index contributed by atoms with van der Waals surface area (Å²) in [5, 5.41) is 0. The van der Waals surface area contributed by atoms with Crippen LogP contribution in [0.4, 0.5) is 5.82 Å². The van der Waals surface area contributed by atoms with Gasteiger partial charge in [0.15, 0.2) is 0 Å². The molecule has 0 radical (unpaired) electrons. The first-order valence-corrected chi connectivity index (χ1v) is 9.49. The van der Waals surface area contributed by atoms with E-state index >= 15 is 0 Å². The molecule has 25 heavy (non-hydrogen) atoms. The summed E-state index contributed by atoms with van der Waals surface area (Å²) in [5.74, 6) is 2.99. The molecule has 0 amide bonds. The molecule has 3 heterocycles. The molecule has 0 bridgehead atoms. The van der Waals surface area contributed by atoms with Crippen molar-refractivity contribution in [1.82, 2.24) is 19.5 Å². The lowest BCUT2D eigenvalue weighted by atomic mass is 9.98. The fourth-order valence-electron chi connectivity index (χ4n) is 3.79. The van der Waals surface area contributed by atoms with Crippen molar-refractivity contribution < 1.29 is 4.74 Å². The average Bonchev–Trinajstić information content (AvgIpc) is 3.56. The zero-order chi connectivity index (χ0) is 16.6. The number of rotatable bonds is 7. The van der Waals surface area contributed by atoms with Crippen LogP contribution >= 0.6 is 0 Å². The molecule has 2 saturated carbocycles. The molecular formula is C19H25N5O. The molecule has 2 aliphatic carbocycles. The summed E-state index contributed by atoms with van der Waals surface area (Å²) in [5.41, 5.74) is 2.58. The Hall–Kier alpha value is -1.95. The normalized spacial score (nSPS) is 22.9. The van der Waals surface area contributed by atoms with Gasteiger partial charge in [-0.05, 0) is 43.6 Å². The van der Waals surface area contributed by atoms with Crippen molar-refractivity contribution in [2.75, 3.05) is 24.7 Å². The van der Waals surface area contributed by atoms with Crippen LogP contribution in [0.5, 0.6) is 0 Å². The van der Waals surface area contributed by atoms with Gasteiger partial charge in [0.05, 0.1) is 25.2 Å². The molecule has 2 aromatic heterocycles. The minimum absolute atomic E-state index is 0.360. The molecule has 0 spiro atoms. The molecule has 0 aromatic carbocycles. The van der Waals surface area contributed by atoms with Crippen LogP contribution in [0.1, 0.15) is 43.0 Å². The largest absolute Gasteiger partial charge is 0.380 e. The van der Waals surface area contributed by atoms with E-state index in [0.29, 0.717) is 5.92 Å². The number of imidazole rings is 1. The summed E-state index contributed by atoms with van der Waals surface area (Å²) in [7, 11) is 0. The van der Waals surface area contributed by atoms with E-state index in [1.165, 1.54) is 37.1 Å². The quantitative estimate of drug-likeness (QED) is 0.776. The Morgan fingerprint density at radius 2 is 1.96 bits per heavy atom. The maximum absolute atomic E-state index is 6.08. The smallest absolute Gasteiger partial charge is 0.132 e. The van der Waals surface area contributed by atoms with Crippen LogP contribution in [0.2, 0.25) is 0 Å². The third-order valence-electron chi connectivity index (χ3n) is 5.54. The lowest BCUT2D eigenvalue weighted by Crippen LogP contribution is -2.37. The fourth-order valence-corrected chi connectivity index (χ4v) is 3.79. The molecule has 6 nitrogen and oxygen atoms in total. The summed E-state index contributed by atoms with van der Waals surface area (Å²) in [6, 6.07) is 1.98. The predicted molar refractivity (Wildman–Crippen MR) is 94.3 cm³/mol. The van der Waals surface area contributed by atoms with Crippen molar-refractivity contribution >= 4 is 5.82 Å². The van der Waals surface area contributed by atoms with Crippen LogP contribution < -0.4 is 4.90 Å². The number of anilines is 1. The topological polar surface area (TPSA) is 56.1 Å². The van der Waals surface area contributed by atoms with Crippen LogP contribution in [-0.4, -0.2) is 39.3 Å². The molecule has 2 fully saturated rings. The second-order valence-corrected chi connectivity index (χ2v) is 7.80. The van der Waals surface area contributed by atoms with E-state index in [1.807, 2.05) is 18.6 Å². The molecule has 132 valence electrons. The zero-order valence-electron chi connectivity index (χ0n) is 14.5. The summed E-state index contributed by atoms with van der Waals surface area (Å²) < 4.78 is 8.48. The second-order valence-electron chi connectivity index (χ2n) is 7.80. The van der Waals surface area contributed by atoms with Gasteiger partial charge in [-0.1, -0.05) is 0 Å². The van der Waals surface area contributed by atoms with Crippen LogP contribution in [0.3, 0.4) is 0 Å². The van der Waals surface area contributed by atoms with Crippen molar-refractivity contribution in [1.29, 1.82) is 0 Å². The maximum atomic E-state index is 6.08. The van der Waals surface area contributed by atoms with Gasteiger partial charge in [0.25, 0.3) is 0 Å². The Kier molecular flexibility index (Phi) is 3.93. The molecule has 1 atom stereocenters. The van der Waals surface area contributed by atoms with E-state index in [2.05, 4.69) is 19.4 Å². The number of ether oxygens (including phenoxy) is 1. The summed E-state index contributed by atoms with van der Waals surface area (Å²) in [4.78, 5) is 15.5. The molecule has 5 rings (SSSR count). The van der Waals surface area contributed by atoms with Gasteiger partial charge in [-0.3, -0.25) is 0 Å². The molecule has 0 saturated heterocycles. The Morgan fingerprint density at radius 1 is 1.08 bits per heavy atom. The zero-order valence-corrected chi connectivity index (χ0v) is 14.5. The van der Waals surface area contributed by atoms with Crippen LogP contribution in [0.25, 0.3) is 0 Å². The number of fused-ring (bicyclic) bond motifs is 1. The lowest BCUT2D eigenvalue weighted by Gasteiger charge is -2.34. The van der Waals surface area contributed by atoms with Gasteiger partial charge in [-0.2, -0.15) is 0 Å². The highest BCUT2D eigenvalue weighted by Crippen LogP contribution is 2.36. The molecular weight excluding hydrogens is 314 g/mol. The number of aromatic nitrogens is 4. The molecule has 1 unspecified atom stereocenters. The van der Waals surface area contributed by atoms with Crippen molar-refractivity contribution in [2.45, 2.75) is 44.7 Å². The van der Waals surface area contributed by atoms with E-state index < -0.39 is 0 Å². The van der Waals surface area contributed by atoms with Gasteiger partial charge in [-0.25, -0.2) is 15.0 Å². The SMILES string of the molecule is c1cc(N2Cc3ncn(CC4CC4)c3C(COCC3CC3)C2)ncn1. The highest BCUT2D eigenvalue weighted by Gasteiger charge is 2.33. The van der Waals surface area contributed by atoms with Crippen LogP contribution in [-0.2, 0) is 17.8 Å². The molecule has 6 heteroatoms. The fraction of sp³-hybridized carbons (Fsp3) is 0.632.